The molecular weight excluding hydrogens is 496 g/mol. The van der Waals surface area contributed by atoms with Crippen LogP contribution < -0.4 is 4.74 Å². The van der Waals surface area contributed by atoms with Crippen LogP contribution >= 0.6 is 0 Å². The fraction of sp³-hybridized carbons (Fsp3) is 0. The van der Waals surface area contributed by atoms with Crippen LogP contribution in [0.25, 0.3) is 76.5 Å². The molecule has 190 valence electrons. The van der Waals surface area contributed by atoms with Crippen LogP contribution in [0.1, 0.15) is 0 Å². The summed E-state index contributed by atoms with van der Waals surface area (Å²) >= 11 is 0. The van der Waals surface area contributed by atoms with Crippen molar-refractivity contribution >= 4 is 43.1 Å². The lowest BCUT2D eigenvalue weighted by Crippen LogP contribution is -1.97. The predicted octanol–water partition coefficient (Wildman–Crippen LogP) is 11.4. The van der Waals surface area contributed by atoms with E-state index in [4.69, 9.17) is 4.74 Å². The largest absolute Gasteiger partial charge is 0.456 e. The maximum atomic E-state index is 6.44. The number of para-hydroxylation sites is 1. The van der Waals surface area contributed by atoms with Crippen molar-refractivity contribution < 1.29 is 4.74 Å². The van der Waals surface area contributed by atoms with Crippen LogP contribution in [0.4, 0.5) is 0 Å². The summed E-state index contributed by atoms with van der Waals surface area (Å²) in [5.74, 6) is 1.83. The molecule has 1 heteroatoms. The quantitative estimate of drug-likeness (QED) is 0.163. The number of rotatable bonds is 2. The molecule has 0 fully saturated rings. The molecule has 0 N–H and O–H groups in total. The van der Waals surface area contributed by atoms with Gasteiger partial charge in [-0.25, -0.2) is 0 Å². The zero-order chi connectivity index (χ0) is 26.9. The second-order valence-electron chi connectivity index (χ2n) is 10.9. The Morgan fingerprint density at radius 1 is 0.341 bits per heavy atom. The van der Waals surface area contributed by atoms with E-state index < -0.39 is 0 Å². The molecule has 8 aromatic carbocycles. The molecule has 1 aliphatic heterocycles. The minimum atomic E-state index is 0.912. The number of hydrogen-bond acceptors (Lipinski definition) is 1. The first-order chi connectivity index (χ1) is 20.3. The second kappa shape index (κ2) is 8.55. The minimum absolute atomic E-state index is 0.912. The third kappa shape index (κ3) is 3.36. The van der Waals surface area contributed by atoms with E-state index in [0.717, 1.165) is 22.6 Å². The summed E-state index contributed by atoms with van der Waals surface area (Å²) in [6.07, 6.45) is 0. The van der Waals surface area contributed by atoms with Gasteiger partial charge in [0.25, 0.3) is 0 Å². The molecule has 1 heterocycles. The lowest BCUT2D eigenvalue weighted by atomic mass is 9.89. The van der Waals surface area contributed by atoms with Crippen molar-refractivity contribution in [3.8, 4) is 44.9 Å². The first-order valence-corrected chi connectivity index (χ1v) is 14.1. The molecule has 0 saturated carbocycles. The van der Waals surface area contributed by atoms with Gasteiger partial charge in [-0.3, -0.25) is 0 Å². The summed E-state index contributed by atoms with van der Waals surface area (Å²) in [6.45, 7) is 0. The van der Waals surface area contributed by atoms with Gasteiger partial charge in [-0.15, -0.1) is 0 Å². The van der Waals surface area contributed by atoms with Gasteiger partial charge in [0.15, 0.2) is 0 Å². The molecule has 1 nitrogen and oxygen atoms in total. The zero-order valence-corrected chi connectivity index (χ0v) is 22.3. The van der Waals surface area contributed by atoms with E-state index in [1.54, 1.807) is 0 Å². The van der Waals surface area contributed by atoms with Gasteiger partial charge < -0.3 is 4.74 Å². The van der Waals surface area contributed by atoms with Gasteiger partial charge in [0.05, 0.1) is 0 Å². The summed E-state index contributed by atoms with van der Waals surface area (Å²) in [4.78, 5) is 0. The topological polar surface area (TPSA) is 9.23 Å². The molecule has 1 aliphatic rings. The first-order valence-electron chi connectivity index (χ1n) is 14.1. The Balaban J connectivity index is 1.22. The highest BCUT2D eigenvalue weighted by Gasteiger charge is 2.20. The van der Waals surface area contributed by atoms with Crippen LogP contribution in [-0.2, 0) is 0 Å². The van der Waals surface area contributed by atoms with Crippen molar-refractivity contribution in [3.63, 3.8) is 0 Å². The van der Waals surface area contributed by atoms with E-state index in [2.05, 4.69) is 140 Å². The number of fused-ring (bicyclic) bond motifs is 6. The average molecular weight is 521 g/mol. The fourth-order valence-electron chi connectivity index (χ4n) is 6.72. The van der Waals surface area contributed by atoms with Crippen molar-refractivity contribution in [2.75, 3.05) is 0 Å². The standard InChI is InChI=1S/C40H24O/c1-3-11-31-26(8-1)20-21-35-36(31)23-28-9-2-4-12-32(28)39(35)27-18-16-25(17-19-27)30-22-29-10-7-14-34-33-13-5-6-15-37(33)41-38(24-30)40(29)34/h1-24H. The normalized spacial score (nSPS) is 12.1. The summed E-state index contributed by atoms with van der Waals surface area (Å²) in [7, 11) is 0. The summed E-state index contributed by atoms with van der Waals surface area (Å²) in [5, 5.41) is 10.0. The van der Waals surface area contributed by atoms with Crippen molar-refractivity contribution in [1.82, 2.24) is 0 Å². The van der Waals surface area contributed by atoms with Gasteiger partial charge in [0.2, 0.25) is 0 Å². The maximum Gasteiger partial charge on any atom is 0.136 e. The molecule has 0 saturated heterocycles. The van der Waals surface area contributed by atoms with Crippen molar-refractivity contribution in [2.24, 2.45) is 0 Å². The molecule has 0 atom stereocenters. The molecule has 0 aromatic heterocycles. The fourth-order valence-corrected chi connectivity index (χ4v) is 6.72. The smallest absolute Gasteiger partial charge is 0.136 e. The van der Waals surface area contributed by atoms with Gasteiger partial charge in [0.1, 0.15) is 11.5 Å². The van der Waals surface area contributed by atoms with Crippen LogP contribution in [0.2, 0.25) is 0 Å². The van der Waals surface area contributed by atoms with E-state index >= 15 is 0 Å². The molecule has 0 spiro atoms. The third-order valence-electron chi connectivity index (χ3n) is 8.61. The Labute approximate surface area is 237 Å². The summed E-state index contributed by atoms with van der Waals surface area (Å²) in [6, 6.07) is 52.6. The highest BCUT2D eigenvalue weighted by Crippen LogP contribution is 2.48. The Hall–Kier alpha value is -5.40. The van der Waals surface area contributed by atoms with Crippen LogP contribution in [0.5, 0.6) is 11.5 Å². The summed E-state index contributed by atoms with van der Waals surface area (Å²) < 4.78 is 6.44. The van der Waals surface area contributed by atoms with Crippen molar-refractivity contribution in [2.45, 2.75) is 0 Å². The zero-order valence-electron chi connectivity index (χ0n) is 22.3. The molecule has 0 aliphatic carbocycles. The Morgan fingerprint density at radius 2 is 1.05 bits per heavy atom. The molecule has 0 radical (unpaired) electrons. The van der Waals surface area contributed by atoms with Crippen molar-refractivity contribution in [3.05, 3.63) is 146 Å². The van der Waals surface area contributed by atoms with Crippen molar-refractivity contribution in [1.29, 1.82) is 0 Å². The minimum Gasteiger partial charge on any atom is -0.456 e. The molecule has 0 unspecified atom stereocenters. The Morgan fingerprint density at radius 3 is 1.95 bits per heavy atom. The van der Waals surface area contributed by atoms with Gasteiger partial charge in [-0.1, -0.05) is 121 Å². The second-order valence-corrected chi connectivity index (χ2v) is 10.9. The van der Waals surface area contributed by atoms with E-state index in [0.29, 0.717) is 0 Å². The monoisotopic (exact) mass is 520 g/mol. The van der Waals surface area contributed by atoms with Gasteiger partial charge >= 0.3 is 0 Å². The Kier molecular flexibility index (Phi) is 4.67. The number of ether oxygens (including phenoxy) is 1. The van der Waals surface area contributed by atoms with E-state index in [1.165, 1.54) is 65.3 Å². The van der Waals surface area contributed by atoms with E-state index in [1.807, 2.05) is 6.07 Å². The molecule has 41 heavy (non-hydrogen) atoms. The van der Waals surface area contributed by atoms with Gasteiger partial charge in [0, 0.05) is 10.9 Å². The first kappa shape index (κ1) is 22.4. The number of benzene rings is 8. The highest BCUT2D eigenvalue weighted by molar-refractivity contribution is 6.20. The molecule has 0 amide bonds. The van der Waals surface area contributed by atoms with Gasteiger partial charge in [-0.2, -0.15) is 0 Å². The molecule has 9 rings (SSSR count). The lowest BCUT2D eigenvalue weighted by molar-refractivity contribution is 0.487. The van der Waals surface area contributed by atoms with Crippen LogP contribution in [-0.4, -0.2) is 0 Å². The van der Waals surface area contributed by atoms with Crippen LogP contribution in [0.15, 0.2) is 146 Å². The molecule has 8 aromatic rings. The summed E-state index contributed by atoms with van der Waals surface area (Å²) in [5.41, 5.74) is 7.22. The molecular formula is C40H24O. The molecule has 0 bridgehead atoms. The van der Waals surface area contributed by atoms with E-state index in [9.17, 15) is 0 Å². The number of hydrogen-bond donors (Lipinski definition) is 0. The van der Waals surface area contributed by atoms with Gasteiger partial charge in [-0.05, 0) is 89.8 Å². The average Bonchev–Trinajstić information content (AvgIpc) is 3.04. The van der Waals surface area contributed by atoms with Crippen LogP contribution in [0.3, 0.4) is 0 Å². The maximum absolute atomic E-state index is 6.44. The lowest BCUT2D eigenvalue weighted by Gasteiger charge is -2.22. The predicted molar refractivity (Wildman–Crippen MR) is 173 cm³/mol. The highest BCUT2D eigenvalue weighted by atomic mass is 16.5. The SMILES string of the molecule is c1ccc2c(c1)Oc1cc(-c3ccc(-c4c5ccccc5cc5c4ccc4ccccc45)cc3)cc3cccc-2c13. The Bertz CT molecular complexity index is 2330. The van der Waals surface area contributed by atoms with Crippen LogP contribution in [0, 0.1) is 0 Å². The van der Waals surface area contributed by atoms with E-state index in [-0.39, 0.29) is 0 Å². The third-order valence-corrected chi connectivity index (χ3v) is 8.61.